The Morgan fingerprint density at radius 3 is 1.29 bits per heavy atom. The van der Waals surface area contributed by atoms with Gasteiger partial charge in [0.05, 0.1) is 0 Å². The van der Waals surface area contributed by atoms with E-state index in [0.717, 1.165) is 0 Å². The Morgan fingerprint density at radius 2 is 1.29 bits per heavy atom. The SMILES string of the molecule is O.O=[PH](O)O.P.[NaH]. The molecule has 4 N–H and O–H groups in total. The molecular formula is H9NaO4P2. The van der Waals surface area contributed by atoms with Gasteiger partial charge in [0.1, 0.15) is 0 Å². The van der Waals surface area contributed by atoms with E-state index in [1.54, 1.807) is 0 Å². The molecule has 0 saturated heterocycles. The van der Waals surface area contributed by atoms with Crippen LogP contribution in [-0.4, -0.2) is 44.8 Å². The molecule has 0 heterocycles. The molecule has 0 aliphatic carbocycles. The van der Waals surface area contributed by atoms with E-state index in [2.05, 4.69) is 0 Å². The molecule has 1 unspecified atom stereocenters. The molecule has 0 aromatic heterocycles. The molecule has 0 aliphatic rings. The molecule has 7 heteroatoms. The second-order valence-electron chi connectivity index (χ2n) is 0.283. The van der Waals surface area contributed by atoms with Gasteiger partial charge in [-0.05, 0) is 0 Å². The van der Waals surface area contributed by atoms with E-state index in [1.165, 1.54) is 0 Å². The summed E-state index contributed by atoms with van der Waals surface area (Å²) in [5, 5.41) is 0. The summed E-state index contributed by atoms with van der Waals surface area (Å²) in [5.41, 5.74) is 0. The van der Waals surface area contributed by atoms with Crippen molar-refractivity contribution in [3.8, 4) is 0 Å². The molecular weight excluding hydrogens is 149 g/mol. The van der Waals surface area contributed by atoms with Crippen LogP contribution < -0.4 is 0 Å². The Bertz CT molecular complexity index is 32.7. The summed E-state index contributed by atoms with van der Waals surface area (Å²) < 4.78 is 8.74. The van der Waals surface area contributed by atoms with E-state index in [0.29, 0.717) is 0 Å². The van der Waals surface area contributed by atoms with Crippen LogP contribution in [0.25, 0.3) is 0 Å². The number of hydrogen-bond acceptors (Lipinski definition) is 1. The van der Waals surface area contributed by atoms with E-state index in [-0.39, 0.29) is 44.9 Å². The number of hydrogen-bond donors (Lipinski definition) is 2. The van der Waals surface area contributed by atoms with E-state index < -0.39 is 8.25 Å². The van der Waals surface area contributed by atoms with Crippen LogP contribution in [0.3, 0.4) is 0 Å². The van der Waals surface area contributed by atoms with E-state index in [4.69, 9.17) is 14.4 Å². The van der Waals surface area contributed by atoms with Gasteiger partial charge in [0.15, 0.2) is 0 Å². The summed E-state index contributed by atoms with van der Waals surface area (Å²) in [4.78, 5) is 14.3. The molecule has 44 valence electrons. The maximum atomic E-state index is 8.74. The van der Waals surface area contributed by atoms with Crippen molar-refractivity contribution >= 4 is 47.7 Å². The molecule has 1 atom stereocenters. The van der Waals surface area contributed by atoms with Crippen LogP contribution in [-0.2, 0) is 4.57 Å². The summed E-state index contributed by atoms with van der Waals surface area (Å²) in [7, 11) is -3.13. The summed E-state index contributed by atoms with van der Waals surface area (Å²) in [6, 6.07) is 0. The average Bonchev–Trinajstić information content (AvgIpc) is 0.811. The molecule has 0 amide bonds. The molecule has 0 bridgehead atoms. The van der Waals surface area contributed by atoms with Crippen molar-refractivity contribution in [1.82, 2.24) is 0 Å². The first kappa shape index (κ1) is 23.6. The molecule has 4 nitrogen and oxygen atoms in total. The molecule has 7 heavy (non-hydrogen) atoms. The van der Waals surface area contributed by atoms with Gasteiger partial charge in [-0.2, -0.15) is 9.90 Å². The van der Waals surface area contributed by atoms with Crippen LogP contribution in [0.1, 0.15) is 0 Å². The molecule has 0 aliphatic heterocycles. The van der Waals surface area contributed by atoms with Crippen LogP contribution in [0.2, 0.25) is 0 Å². The molecule has 0 saturated carbocycles. The van der Waals surface area contributed by atoms with E-state index in [9.17, 15) is 0 Å². The van der Waals surface area contributed by atoms with Gasteiger partial charge in [-0.1, -0.05) is 0 Å². The quantitative estimate of drug-likeness (QED) is 0.314. The van der Waals surface area contributed by atoms with Crippen molar-refractivity contribution in [1.29, 1.82) is 0 Å². The van der Waals surface area contributed by atoms with Gasteiger partial charge in [-0.3, -0.25) is 4.57 Å². The zero-order chi connectivity index (χ0) is 3.58. The fourth-order valence-corrected chi connectivity index (χ4v) is 0. The topological polar surface area (TPSA) is 89.0 Å². The zero-order valence-corrected chi connectivity index (χ0v) is 5.42. The molecule has 0 fully saturated rings. The van der Waals surface area contributed by atoms with Gasteiger partial charge in [-0.15, -0.1) is 0 Å². The normalized spacial score (nSPS) is 5.00. The Balaban J connectivity index is -0.0000000150. The van der Waals surface area contributed by atoms with Crippen molar-refractivity contribution in [3.05, 3.63) is 0 Å². The van der Waals surface area contributed by atoms with Crippen molar-refractivity contribution in [2.45, 2.75) is 0 Å². The molecule has 0 radical (unpaired) electrons. The van der Waals surface area contributed by atoms with Crippen molar-refractivity contribution in [2.24, 2.45) is 0 Å². The average molecular weight is 158 g/mol. The van der Waals surface area contributed by atoms with Crippen LogP contribution in [0.4, 0.5) is 0 Å². The minimum atomic E-state index is -3.13. The van der Waals surface area contributed by atoms with Crippen LogP contribution in [0.5, 0.6) is 0 Å². The summed E-state index contributed by atoms with van der Waals surface area (Å²) in [5.74, 6) is 0. The fourth-order valence-electron chi connectivity index (χ4n) is 0. The van der Waals surface area contributed by atoms with Gasteiger partial charge in [0.2, 0.25) is 0 Å². The summed E-state index contributed by atoms with van der Waals surface area (Å²) in [6.45, 7) is 0. The van der Waals surface area contributed by atoms with Gasteiger partial charge in [0, 0.05) is 0 Å². The van der Waals surface area contributed by atoms with E-state index >= 15 is 0 Å². The Labute approximate surface area is 67.5 Å². The zero-order valence-electron chi connectivity index (χ0n) is 3.01. The predicted molar refractivity (Wildman–Crippen MR) is 35.3 cm³/mol. The van der Waals surface area contributed by atoms with Crippen molar-refractivity contribution in [3.63, 3.8) is 0 Å². The first-order valence-electron chi connectivity index (χ1n) is 0.651. The Morgan fingerprint density at radius 1 is 1.29 bits per heavy atom. The Hall–Kier alpha value is 1.54. The van der Waals surface area contributed by atoms with Crippen LogP contribution in [0.15, 0.2) is 0 Å². The first-order chi connectivity index (χ1) is 1.73. The van der Waals surface area contributed by atoms with Crippen LogP contribution in [0, 0.1) is 0 Å². The molecule has 0 aromatic rings. The van der Waals surface area contributed by atoms with Gasteiger partial charge < -0.3 is 15.3 Å². The van der Waals surface area contributed by atoms with E-state index in [1.807, 2.05) is 0 Å². The second-order valence-corrected chi connectivity index (χ2v) is 0.848. The van der Waals surface area contributed by atoms with Gasteiger partial charge in [0.25, 0.3) is 0 Å². The molecule has 0 rings (SSSR count). The predicted octanol–water partition coefficient (Wildman–Crippen LogP) is -2.05. The van der Waals surface area contributed by atoms with Crippen LogP contribution >= 0.6 is 18.2 Å². The monoisotopic (exact) mass is 158 g/mol. The minimum absolute atomic E-state index is 0. The van der Waals surface area contributed by atoms with Crippen molar-refractivity contribution in [2.75, 3.05) is 0 Å². The standard InChI is InChI=1S/Na.H3O3P.H2O.H3P.H/c;1-4(2)3;;;/h;4H,(H2,1,2,3);1H2;1H3;. The number of rotatable bonds is 0. The summed E-state index contributed by atoms with van der Waals surface area (Å²) in [6.07, 6.45) is 0. The maximum absolute atomic E-state index is 8.74. The van der Waals surface area contributed by atoms with Crippen molar-refractivity contribution < 1.29 is 19.8 Å². The Kier molecular flexibility index (Phi) is 52.7. The fraction of sp³-hybridized carbons (Fsp3) is 0. The van der Waals surface area contributed by atoms with Gasteiger partial charge >= 0.3 is 37.8 Å². The third kappa shape index (κ3) is 97.6. The third-order valence-electron chi connectivity index (χ3n) is 0. The third-order valence-corrected chi connectivity index (χ3v) is 0. The molecule has 0 spiro atoms. The molecule has 0 aromatic carbocycles. The summed E-state index contributed by atoms with van der Waals surface area (Å²) >= 11 is 0. The second kappa shape index (κ2) is 15.6. The first-order valence-corrected chi connectivity index (χ1v) is 1.95. The van der Waals surface area contributed by atoms with Gasteiger partial charge in [-0.25, -0.2) is 0 Å².